The molecule has 0 spiro atoms. The van der Waals surface area contributed by atoms with E-state index < -0.39 is 23.0 Å². The zero-order valence-corrected chi connectivity index (χ0v) is 19.3. The van der Waals surface area contributed by atoms with Crippen molar-refractivity contribution in [1.29, 1.82) is 0 Å². The molecule has 1 fully saturated rings. The van der Waals surface area contributed by atoms with E-state index >= 15 is 0 Å². The Labute approximate surface area is 199 Å². The molecule has 1 saturated heterocycles. The van der Waals surface area contributed by atoms with Crippen molar-refractivity contribution in [3.63, 3.8) is 0 Å². The molecule has 1 aliphatic rings. The smallest absolute Gasteiger partial charge is 0.335 e. The van der Waals surface area contributed by atoms with Gasteiger partial charge in [0.1, 0.15) is 6.54 Å². The predicted octanol–water partition coefficient (Wildman–Crippen LogP) is 4.47. The minimum atomic E-state index is -1.02. The maximum atomic E-state index is 12.9. The maximum Gasteiger partial charge on any atom is 0.335 e. The molecule has 0 aliphatic carbocycles. The fraction of sp³-hybridized carbons (Fsp3) is 0.120. The highest BCUT2D eigenvalue weighted by atomic mass is 32.2. The van der Waals surface area contributed by atoms with Crippen LogP contribution in [-0.2, 0) is 9.59 Å². The number of hydrogen-bond donors (Lipinski definition) is 2. The summed E-state index contributed by atoms with van der Waals surface area (Å²) in [6, 6.07) is 15.3. The summed E-state index contributed by atoms with van der Waals surface area (Å²) in [5.41, 5.74) is 4.21. The number of nitrogens with zero attached hydrogens (tertiary/aromatic N) is 2. The van der Waals surface area contributed by atoms with Gasteiger partial charge in [0.05, 0.1) is 10.5 Å². The fourth-order valence-corrected chi connectivity index (χ4v) is 4.27. The van der Waals surface area contributed by atoms with Crippen molar-refractivity contribution in [1.82, 2.24) is 9.47 Å². The van der Waals surface area contributed by atoms with Crippen LogP contribution in [0, 0.1) is 13.8 Å². The monoisotopic (exact) mass is 475 g/mol. The molecule has 172 valence electrons. The van der Waals surface area contributed by atoms with Gasteiger partial charge in [-0.3, -0.25) is 19.3 Å². The second-order valence-electron chi connectivity index (χ2n) is 7.77. The number of aromatic carboxylic acids is 1. The maximum absolute atomic E-state index is 12.9. The molecular formula is C25H21N3O5S. The van der Waals surface area contributed by atoms with Crippen molar-refractivity contribution in [2.24, 2.45) is 0 Å². The van der Waals surface area contributed by atoms with Gasteiger partial charge in [0.2, 0.25) is 5.91 Å². The number of aromatic nitrogens is 1. The van der Waals surface area contributed by atoms with Crippen molar-refractivity contribution in [3.05, 3.63) is 88.1 Å². The molecule has 34 heavy (non-hydrogen) atoms. The van der Waals surface area contributed by atoms with Crippen LogP contribution in [-0.4, -0.2) is 44.1 Å². The third kappa shape index (κ3) is 4.79. The number of benzene rings is 2. The molecule has 0 saturated carbocycles. The SMILES string of the molecule is Cc1ccc(NC(=O)CN2C(=O)S/C(=C\c3cccn3-c3ccc(C(=O)O)cc3)C2=O)cc1C. The number of nitrogens with one attached hydrogen (secondary N) is 1. The molecule has 0 radical (unpaired) electrons. The lowest BCUT2D eigenvalue weighted by molar-refractivity contribution is -0.127. The highest BCUT2D eigenvalue weighted by Gasteiger charge is 2.36. The summed E-state index contributed by atoms with van der Waals surface area (Å²) in [6.07, 6.45) is 3.35. The largest absolute Gasteiger partial charge is 0.478 e. The number of aryl methyl sites for hydroxylation is 2. The first-order valence-electron chi connectivity index (χ1n) is 10.4. The van der Waals surface area contributed by atoms with E-state index in [4.69, 9.17) is 5.11 Å². The Bertz CT molecular complexity index is 1340. The van der Waals surface area contributed by atoms with Crippen LogP contribution in [0.5, 0.6) is 0 Å². The van der Waals surface area contributed by atoms with Crippen LogP contribution in [0.15, 0.2) is 65.7 Å². The van der Waals surface area contributed by atoms with Gasteiger partial charge < -0.3 is 15.0 Å². The van der Waals surface area contributed by atoms with Crippen LogP contribution < -0.4 is 5.32 Å². The molecule has 0 bridgehead atoms. The van der Waals surface area contributed by atoms with Gasteiger partial charge in [-0.05, 0) is 91.3 Å². The molecule has 2 N–H and O–H groups in total. The summed E-state index contributed by atoms with van der Waals surface area (Å²) in [4.78, 5) is 50.0. The highest BCUT2D eigenvalue weighted by molar-refractivity contribution is 8.18. The number of imide groups is 1. The number of hydrogen-bond acceptors (Lipinski definition) is 5. The molecular weight excluding hydrogens is 454 g/mol. The Morgan fingerprint density at radius 3 is 2.44 bits per heavy atom. The summed E-state index contributed by atoms with van der Waals surface area (Å²) in [5.74, 6) is -2.03. The van der Waals surface area contributed by atoms with E-state index in [1.807, 2.05) is 26.0 Å². The highest BCUT2D eigenvalue weighted by Crippen LogP contribution is 2.32. The van der Waals surface area contributed by atoms with Crippen LogP contribution >= 0.6 is 11.8 Å². The molecule has 1 aromatic heterocycles. The molecule has 2 aromatic carbocycles. The van der Waals surface area contributed by atoms with Gasteiger partial charge in [-0.15, -0.1) is 0 Å². The van der Waals surface area contributed by atoms with E-state index in [-0.39, 0.29) is 17.0 Å². The normalized spacial score (nSPS) is 14.6. The van der Waals surface area contributed by atoms with Gasteiger partial charge in [0, 0.05) is 23.3 Å². The zero-order chi connectivity index (χ0) is 24.4. The van der Waals surface area contributed by atoms with Crippen LogP contribution in [0.2, 0.25) is 0 Å². The van der Waals surface area contributed by atoms with E-state index in [0.717, 1.165) is 27.8 Å². The summed E-state index contributed by atoms with van der Waals surface area (Å²) in [6.45, 7) is 3.52. The standard InChI is InChI=1S/C25H21N3O5S/c1-15-5-8-18(12-16(15)2)26-22(29)14-28-23(30)21(34-25(28)33)13-20-4-3-11-27(20)19-9-6-17(7-10-19)24(31)32/h3-13H,14H2,1-2H3,(H,26,29)(H,31,32)/b21-13-. The number of carboxylic acid groups (broad SMARTS) is 1. The minimum absolute atomic E-state index is 0.164. The number of carbonyl (C=O) groups is 4. The lowest BCUT2D eigenvalue weighted by Crippen LogP contribution is -2.36. The first-order chi connectivity index (χ1) is 16.2. The molecule has 9 heteroatoms. The Balaban J connectivity index is 1.49. The lowest BCUT2D eigenvalue weighted by Gasteiger charge is -2.13. The van der Waals surface area contributed by atoms with Crippen LogP contribution in [0.3, 0.4) is 0 Å². The quantitative estimate of drug-likeness (QED) is 0.510. The molecule has 3 amide bonds. The van der Waals surface area contributed by atoms with E-state index in [9.17, 15) is 19.2 Å². The van der Waals surface area contributed by atoms with Gasteiger partial charge >= 0.3 is 5.97 Å². The molecule has 4 rings (SSSR count). The number of anilines is 1. The first kappa shape index (κ1) is 23.1. The molecule has 2 heterocycles. The fourth-order valence-electron chi connectivity index (χ4n) is 3.45. The Hall–Kier alpha value is -4.11. The summed E-state index contributed by atoms with van der Waals surface area (Å²) in [7, 11) is 0. The van der Waals surface area contributed by atoms with Crippen molar-refractivity contribution in [2.45, 2.75) is 13.8 Å². The van der Waals surface area contributed by atoms with Crippen molar-refractivity contribution < 1.29 is 24.3 Å². The van der Waals surface area contributed by atoms with Gasteiger partial charge in [-0.25, -0.2) is 4.79 Å². The lowest BCUT2D eigenvalue weighted by atomic mass is 10.1. The topological polar surface area (TPSA) is 109 Å². The van der Waals surface area contributed by atoms with Gasteiger partial charge in [0.15, 0.2) is 0 Å². The third-order valence-electron chi connectivity index (χ3n) is 5.42. The van der Waals surface area contributed by atoms with Gasteiger partial charge in [0.25, 0.3) is 11.1 Å². The van der Waals surface area contributed by atoms with Gasteiger partial charge in [-0.2, -0.15) is 0 Å². The molecule has 1 aliphatic heterocycles. The molecule has 8 nitrogen and oxygen atoms in total. The van der Waals surface area contributed by atoms with E-state index in [0.29, 0.717) is 17.1 Å². The molecule has 0 unspecified atom stereocenters. The van der Waals surface area contributed by atoms with Crippen LogP contribution in [0.25, 0.3) is 11.8 Å². The third-order valence-corrected chi connectivity index (χ3v) is 6.33. The first-order valence-corrected chi connectivity index (χ1v) is 11.2. The Morgan fingerprint density at radius 2 is 1.76 bits per heavy atom. The molecule has 0 atom stereocenters. The van der Waals surface area contributed by atoms with Crippen LogP contribution in [0.1, 0.15) is 27.2 Å². The second-order valence-corrected chi connectivity index (χ2v) is 8.76. The minimum Gasteiger partial charge on any atom is -0.478 e. The van der Waals surface area contributed by atoms with Crippen LogP contribution in [0.4, 0.5) is 10.5 Å². The average molecular weight is 476 g/mol. The number of amides is 3. The Kier molecular flexibility index (Phi) is 6.38. The van der Waals surface area contributed by atoms with Crippen molar-refractivity contribution >= 4 is 46.5 Å². The number of carbonyl (C=O) groups excluding carboxylic acids is 3. The van der Waals surface area contributed by atoms with E-state index in [1.165, 1.54) is 12.1 Å². The van der Waals surface area contributed by atoms with E-state index in [1.54, 1.807) is 47.2 Å². The predicted molar refractivity (Wildman–Crippen MR) is 130 cm³/mol. The Morgan fingerprint density at radius 1 is 1.03 bits per heavy atom. The second kappa shape index (κ2) is 9.40. The number of carboxylic acids is 1. The molecule has 3 aromatic rings. The zero-order valence-electron chi connectivity index (χ0n) is 18.4. The van der Waals surface area contributed by atoms with Gasteiger partial charge in [-0.1, -0.05) is 6.07 Å². The summed E-state index contributed by atoms with van der Waals surface area (Å²) < 4.78 is 1.77. The van der Waals surface area contributed by atoms with Crippen molar-refractivity contribution in [2.75, 3.05) is 11.9 Å². The summed E-state index contributed by atoms with van der Waals surface area (Å²) in [5, 5.41) is 11.3. The van der Waals surface area contributed by atoms with Crippen molar-refractivity contribution in [3.8, 4) is 5.69 Å². The number of thioether (sulfide) groups is 1. The average Bonchev–Trinajstić information content (AvgIpc) is 3.36. The summed E-state index contributed by atoms with van der Waals surface area (Å²) >= 11 is 0.770. The van der Waals surface area contributed by atoms with E-state index in [2.05, 4.69) is 5.32 Å². The number of rotatable bonds is 6.